The van der Waals surface area contributed by atoms with Crippen LogP contribution in [0.2, 0.25) is 0 Å². The van der Waals surface area contributed by atoms with Gasteiger partial charge in [0.25, 0.3) is 0 Å². The summed E-state index contributed by atoms with van der Waals surface area (Å²) in [7, 11) is 0. The van der Waals surface area contributed by atoms with E-state index in [9.17, 15) is 5.11 Å². The third kappa shape index (κ3) is 1.78. The zero-order chi connectivity index (χ0) is 11.1. The standard InChI is InChI=1S/C11H19N3O/c1-11(2,3)10-13-12-9-6-4-5-8(7-15)14(9)10/h8,15H,4-7H2,1-3H3. The van der Waals surface area contributed by atoms with E-state index in [0.717, 1.165) is 30.9 Å². The first-order chi connectivity index (χ1) is 7.04. The molecule has 4 heteroatoms. The molecule has 1 aliphatic rings. The summed E-state index contributed by atoms with van der Waals surface area (Å²) in [5.74, 6) is 2.03. The number of rotatable bonds is 1. The van der Waals surface area contributed by atoms with Gasteiger partial charge in [0.2, 0.25) is 0 Å². The second kappa shape index (κ2) is 3.59. The van der Waals surface area contributed by atoms with Gasteiger partial charge in [-0.05, 0) is 12.8 Å². The van der Waals surface area contributed by atoms with Crippen molar-refractivity contribution in [2.45, 2.75) is 51.5 Å². The van der Waals surface area contributed by atoms with Gasteiger partial charge in [0.1, 0.15) is 11.6 Å². The Balaban J connectivity index is 2.47. The third-order valence-electron chi connectivity index (χ3n) is 2.95. The van der Waals surface area contributed by atoms with Crippen molar-refractivity contribution in [2.75, 3.05) is 6.61 Å². The number of hydrogen-bond donors (Lipinski definition) is 1. The van der Waals surface area contributed by atoms with Gasteiger partial charge in [-0.3, -0.25) is 0 Å². The molecule has 0 radical (unpaired) electrons. The van der Waals surface area contributed by atoms with Crippen LogP contribution in [0.3, 0.4) is 0 Å². The first-order valence-electron chi connectivity index (χ1n) is 5.59. The smallest absolute Gasteiger partial charge is 0.138 e. The van der Waals surface area contributed by atoms with E-state index in [1.165, 1.54) is 0 Å². The molecule has 1 aromatic heterocycles. The van der Waals surface area contributed by atoms with Crippen molar-refractivity contribution in [3.63, 3.8) is 0 Å². The minimum Gasteiger partial charge on any atom is -0.394 e. The van der Waals surface area contributed by atoms with Crippen LogP contribution >= 0.6 is 0 Å². The van der Waals surface area contributed by atoms with Crippen LogP contribution < -0.4 is 0 Å². The molecule has 0 aromatic carbocycles. The summed E-state index contributed by atoms with van der Waals surface area (Å²) >= 11 is 0. The molecule has 15 heavy (non-hydrogen) atoms. The number of fused-ring (bicyclic) bond motifs is 1. The van der Waals surface area contributed by atoms with Crippen LogP contribution in [0.25, 0.3) is 0 Å². The van der Waals surface area contributed by atoms with Gasteiger partial charge in [0.15, 0.2) is 0 Å². The molecule has 2 rings (SSSR count). The lowest BCUT2D eigenvalue weighted by Gasteiger charge is -2.28. The molecule has 0 spiro atoms. The van der Waals surface area contributed by atoms with Crippen LogP contribution in [0.1, 0.15) is 51.3 Å². The summed E-state index contributed by atoms with van der Waals surface area (Å²) in [6.45, 7) is 6.59. The van der Waals surface area contributed by atoms with E-state index in [-0.39, 0.29) is 18.1 Å². The summed E-state index contributed by atoms with van der Waals surface area (Å²) in [6, 6.07) is 0.179. The Hall–Kier alpha value is -0.900. The maximum atomic E-state index is 9.37. The van der Waals surface area contributed by atoms with Crippen LogP contribution in [0.5, 0.6) is 0 Å². The van der Waals surface area contributed by atoms with Crippen molar-refractivity contribution in [1.29, 1.82) is 0 Å². The summed E-state index contributed by atoms with van der Waals surface area (Å²) in [5.41, 5.74) is -0.00396. The number of aliphatic hydroxyl groups is 1. The van der Waals surface area contributed by atoms with E-state index in [1.54, 1.807) is 0 Å². The number of aryl methyl sites for hydroxylation is 1. The molecule has 84 valence electrons. The molecule has 0 aliphatic carbocycles. The van der Waals surface area contributed by atoms with Crippen LogP contribution in [0.15, 0.2) is 0 Å². The topological polar surface area (TPSA) is 50.9 Å². The summed E-state index contributed by atoms with van der Waals surface area (Å²) in [5, 5.41) is 17.9. The minimum atomic E-state index is -0.00396. The zero-order valence-corrected chi connectivity index (χ0v) is 9.69. The highest BCUT2D eigenvalue weighted by Crippen LogP contribution is 2.30. The number of hydrogen-bond acceptors (Lipinski definition) is 3. The molecule has 0 saturated heterocycles. The molecule has 2 heterocycles. The largest absolute Gasteiger partial charge is 0.394 e. The van der Waals surface area contributed by atoms with Crippen LogP contribution in [-0.2, 0) is 11.8 Å². The molecule has 0 saturated carbocycles. The SMILES string of the molecule is CC(C)(C)c1nnc2n1C(CO)CCC2. The van der Waals surface area contributed by atoms with Crippen LogP contribution in [0.4, 0.5) is 0 Å². The first kappa shape index (κ1) is 10.6. The average molecular weight is 209 g/mol. The highest BCUT2D eigenvalue weighted by molar-refractivity contribution is 5.09. The van der Waals surface area contributed by atoms with Gasteiger partial charge in [0, 0.05) is 11.8 Å². The van der Waals surface area contributed by atoms with Gasteiger partial charge in [-0.15, -0.1) is 10.2 Å². The van der Waals surface area contributed by atoms with Crippen LogP contribution in [0, 0.1) is 0 Å². The van der Waals surface area contributed by atoms with E-state index in [1.807, 2.05) is 0 Å². The highest BCUT2D eigenvalue weighted by atomic mass is 16.3. The molecule has 4 nitrogen and oxygen atoms in total. The van der Waals surface area contributed by atoms with Crippen molar-refractivity contribution >= 4 is 0 Å². The number of aliphatic hydroxyl groups excluding tert-OH is 1. The number of nitrogens with zero attached hydrogens (tertiary/aromatic N) is 3. The van der Waals surface area contributed by atoms with Crippen LogP contribution in [-0.4, -0.2) is 26.5 Å². The Morgan fingerprint density at radius 3 is 2.73 bits per heavy atom. The van der Waals surface area contributed by atoms with Gasteiger partial charge >= 0.3 is 0 Å². The van der Waals surface area contributed by atoms with Gasteiger partial charge in [-0.2, -0.15) is 0 Å². The first-order valence-corrected chi connectivity index (χ1v) is 5.59. The highest BCUT2D eigenvalue weighted by Gasteiger charge is 2.29. The van der Waals surface area contributed by atoms with Crippen molar-refractivity contribution in [2.24, 2.45) is 0 Å². The minimum absolute atomic E-state index is 0.00396. The average Bonchev–Trinajstić information content (AvgIpc) is 2.59. The van der Waals surface area contributed by atoms with Gasteiger partial charge < -0.3 is 9.67 Å². The lowest BCUT2D eigenvalue weighted by atomic mass is 9.94. The quantitative estimate of drug-likeness (QED) is 0.761. The number of aromatic nitrogens is 3. The lowest BCUT2D eigenvalue weighted by Crippen LogP contribution is -2.27. The third-order valence-corrected chi connectivity index (χ3v) is 2.95. The summed E-state index contributed by atoms with van der Waals surface area (Å²) in [4.78, 5) is 0. The summed E-state index contributed by atoms with van der Waals surface area (Å²) in [6.07, 6.45) is 3.12. The second-order valence-electron chi connectivity index (χ2n) is 5.29. The molecular weight excluding hydrogens is 190 g/mol. The Labute approximate surface area is 90.3 Å². The fraction of sp³-hybridized carbons (Fsp3) is 0.818. The lowest BCUT2D eigenvalue weighted by molar-refractivity contribution is 0.200. The van der Waals surface area contributed by atoms with Gasteiger partial charge in [-0.1, -0.05) is 20.8 Å². The van der Waals surface area contributed by atoms with E-state index in [0.29, 0.717) is 0 Å². The van der Waals surface area contributed by atoms with E-state index in [4.69, 9.17) is 0 Å². The second-order valence-corrected chi connectivity index (χ2v) is 5.29. The normalized spacial score (nSPS) is 21.5. The van der Waals surface area contributed by atoms with E-state index >= 15 is 0 Å². The predicted molar refractivity (Wildman–Crippen MR) is 57.8 cm³/mol. The monoisotopic (exact) mass is 209 g/mol. The van der Waals surface area contributed by atoms with Crippen molar-refractivity contribution in [3.05, 3.63) is 11.6 Å². The molecule has 1 N–H and O–H groups in total. The maximum absolute atomic E-state index is 9.37. The van der Waals surface area contributed by atoms with E-state index in [2.05, 4.69) is 35.5 Å². The molecular formula is C11H19N3O. The van der Waals surface area contributed by atoms with Crippen molar-refractivity contribution < 1.29 is 5.11 Å². The fourth-order valence-corrected chi connectivity index (χ4v) is 2.19. The Bertz CT molecular complexity index is 351. The molecule has 1 aliphatic heterocycles. The van der Waals surface area contributed by atoms with Gasteiger partial charge in [0.05, 0.1) is 12.6 Å². The van der Waals surface area contributed by atoms with Gasteiger partial charge in [-0.25, -0.2) is 0 Å². The molecule has 1 aromatic rings. The maximum Gasteiger partial charge on any atom is 0.138 e. The van der Waals surface area contributed by atoms with E-state index < -0.39 is 0 Å². The van der Waals surface area contributed by atoms with Crippen molar-refractivity contribution in [3.8, 4) is 0 Å². The predicted octanol–water partition coefficient (Wildman–Crippen LogP) is 1.45. The zero-order valence-electron chi connectivity index (χ0n) is 9.69. The molecule has 0 amide bonds. The summed E-state index contributed by atoms with van der Waals surface area (Å²) < 4.78 is 2.14. The Morgan fingerprint density at radius 2 is 2.13 bits per heavy atom. The molecule has 0 fully saturated rings. The van der Waals surface area contributed by atoms with Crippen molar-refractivity contribution in [1.82, 2.24) is 14.8 Å². The fourth-order valence-electron chi connectivity index (χ4n) is 2.19. The Kier molecular flexibility index (Phi) is 2.54. The Morgan fingerprint density at radius 1 is 1.40 bits per heavy atom. The molecule has 0 bridgehead atoms. The molecule has 1 unspecified atom stereocenters. The molecule has 1 atom stereocenters.